The average molecular weight is 485 g/mol. The van der Waals surface area contributed by atoms with E-state index in [-0.39, 0.29) is 13.2 Å². The minimum absolute atomic E-state index is 0.356. The number of carbonyl (C=O) groups is 1. The van der Waals surface area contributed by atoms with Gasteiger partial charge in [-0.25, -0.2) is 0 Å². The van der Waals surface area contributed by atoms with Crippen LogP contribution in [0, 0.1) is 0 Å². The Morgan fingerprint density at radius 2 is 1.45 bits per heavy atom. The minimum atomic E-state index is -1.68. The van der Waals surface area contributed by atoms with Crippen molar-refractivity contribution >= 4 is 5.91 Å². The lowest BCUT2D eigenvalue weighted by atomic mass is 9.97. The molecule has 15 nitrogen and oxygen atoms in total. The van der Waals surface area contributed by atoms with E-state index < -0.39 is 92.4 Å². The number of carbonyl (C=O) groups excluding carboxylic acids is 1. The summed E-state index contributed by atoms with van der Waals surface area (Å²) in [5, 5.41) is 82.5. The summed E-state index contributed by atoms with van der Waals surface area (Å²) >= 11 is 0. The number of aliphatic hydroxyl groups is 8. The summed E-state index contributed by atoms with van der Waals surface area (Å²) in [6.07, 6.45) is -18.0. The number of amides is 1. The zero-order chi connectivity index (χ0) is 24.4. The van der Waals surface area contributed by atoms with Gasteiger partial charge in [0.1, 0.15) is 61.0 Å². The van der Waals surface area contributed by atoms with Crippen LogP contribution in [0.25, 0.3) is 0 Å². The van der Waals surface area contributed by atoms with Gasteiger partial charge in [0.2, 0.25) is 5.91 Å². The highest BCUT2D eigenvalue weighted by Gasteiger charge is 2.48. The third-order valence-electron chi connectivity index (χ3n) is 5.69. The molecule has 13 atom stereocenters. The van der Waals surface area contributed by atoms with Gasteiger partial charge in [-0.2, -0.15) is 0 Å². The lowest BCUT2D eigenvalue weighted by Crippen LogP contribution is -2.64. The van der Waals surface area contributed by atoms with Crippen LogP contribution < -0.4 is 5.32 Å². The number of hydrogen-bond acceptors (Lipinski definition) is 14. The fourth-order valence-corrected chi connectivity index (χ4v) is 3.77. The number of nitrogens with one attached hydrogen (secondary N) is 1. The van der Waals surface area contributed by atoms with Crippen molar-refractivity contribution in [2.75, 3.05) is 19.8 Å². The Kier molecular flexibility index (Phi) is 8.95. The van der Waals surface area contributed by atoms with Gasteiger partial charge in [0, 0.05) is 6.92 Å². The van der Waals surface area contributed by atoms with Gasteiger partial charge in [-0.15, -0.1) is 0 Å². The molecule has 3 heterocycles. The van der Waals surface area contributed by atoms with E-state index in [4.69, 9.17) is 23.7 Å². The molecule has 0 aromatic carbocycles. The summed E-state index contributed by atoms with van der Waals surface area (Å²) in [5.74, 6) is -0.559. The predicted molar refractivity (Wildman–Crippen MR) is 101 cm³/mol. The van der Waals surface area contributed by atoms with Gasteiger partial charge in [-0.05, 0) is 0 Å². The Labute approximate surface area is 188 Å². The summed E-state index contributed by atoms with van der Waals surface area (Å²) in [7, 11) is 0. The van der Waals surface area contributed by atoms with Crippen LogP contribution in [0.5, 0.6) is 0 Å². The van der Waals surface area contributed by atoms with Crippen LogP contribution in [0.3, 0.4) is 0 Å². The van der Waals surface area contributed by atoms with Crippen molar-refractivity contribution in [2.45, 2.75) is 86.8 Å². The Balaban J connectivity index is 1.63. The second-order valence-electron chi connectivity index (χ2n) is 8.22. The highest BCUT2D eigenvalue weighted by Crippen LogP contribution is 2.27. The van der Waals surface area contributed by atoms with Crippen molar-refractivity contribution in [3.05, 3.63) is 0 Å². The first kappa shape index (κ1) is 26.6. The standard InChI is InChI=1S/C18H31NO14/c1-5(20)19-9-13(26)12(25)8(32-16(9)28)4-31-18-15(11(24)7(22)3-30-18)33-17-14(27)10(23)6(21)2-29-17/h6-18,21-28H,2-4H2,1H3,(H,19,20)/t6-,7-,8+,9+,10-,11-,12+,13+,14+,15+,16+,17-,18-/m0/s1. The smallest absolute Gasteiger partial charge is 0.217 e. The molecule has 192 valence electrons. The van der Waals surface area contributed by atoms with Gasteiger partial charge >= 0.3 is 0 Å². The summed E-state index contributed by atoms with van der Waals surface area (Å²) in [5.41, 5.74) is 0. The topological polar surface area (TPSA) is 237 Å². The summed E-state index contributed by atoms with van der Waals surface area (Å²) in [4.78, 5) is 11.2. The molecule has 3 fully saturated rings. The van der Waals surface area contributed by atoms with Gasteiger partial charge in [-0.3, -0.25) is 4.79 Å². The van der Waals surface area contributed by atoms with Crippen molar-refractivity contribution in [3.8, 4) is 0 Å². The molecule has 33 heavy (non-hydrogen) atoms. The molecule has 0 bridgehead atoms. The quantitative estimate of drug-likeness (QED) is 0.170. The Morgan fingerprint density at radius 1 is 0.848 bits per heavy atom. The summed E-state index contributed by atoms with van der Waals surface area (Å²) in [6.45, 7) is -0.0438. The molecule has 3 saturated heterocycles. The summed E-state index contributed by atoms with van der Waals surface area (Å²) < 4.78 is 26.7. The normalized spacial score (nSPS) is 48.9. The Bertz CT molecular complexity index is 656. The molecular formula is C18H31NO14. The molecule has 3 rings (SSSR count). The fourth-order valence-electron chi connectivity index (χ4n) is 3.77. The molecule has 0 aromatic heterocycles. The molecule has 0 radical (unpaired) electrons. The Hall–Kier alpha value is -1.05. The lowest BCUT2D eigenvalue weighted by Gasteiger charge is -2.43. The summed E-state index contributed by atoms with van der Waals surface area (Å²) in [6, 6.07) is -1.28. The SMILES string of the molecule is CC(=O)N[C@@H]1[C@@H](O)[C@H](O)[C@@H](CO[C@@H]2OC[C@H](O)[C@H](O)[C@H]2O[C@@H]2OC[C@H](O)[C@H](O)[C@H]2O)O[C@H]1O. The van der Waals surface area contributed by atoms with E-state index in [9.17, 15) is 45.6 Å². The lowest BCUT2D eigenvalue weighted by molar-refractivity contribution is -0.349. The zero-order valence-corrected chi connectivity index (χ0v) is 17.7. The van der Waals surface area contributed by atoms with Gasteiger partial charge < -0.3 is 69.9 Å². The monoisotopic (exact) mass is 485 g/mol. The number of rotatable bonds is 6. The van der Waals surface area contributed by atoms with Crippen molar-refractivity contribution in [1.82, 2.24) is 5.32 Å². The van der Waals surface area contributed by atoms with Crippen LogP contribution in [-0.4, -0.2) is 146 Å². The largest absolute Gasteiger partial charge is 0.388 e. The van der Waals surface area contributed by atoms with E-state index in [0.717, 1.165) is 6.92 Å². The van der Waals surface area contributed by atoms with Crippen molar-refractivity contribution < 1.29 is 69.3 Å². The fraction of sp³-hybridized carbons (Fsp3) is 0.944. The van der Waals surface area contributed by atoms with Crippen molar-refractivity contribution in [1.29, 1.82) is 0 Å². The van der Waals surface area contributed by atoms with E-state index in [1.165, 1.54) is 0 Å². The van der Waals surface area contributed by atoms with Crippen LogP contribution in [0.4, 0.5) is 0 Å². The van der Waals surface area contributed by atoms with E-state index in [1.54, 1.807) is 0 Å². The van der Waals surface area contributed by atoms with E-state index in [2.05, 4.69) is 5.32 Å². The van der Waals surface area contributed by atoms with Crippen LogP contribution in [0.1, 0.15) is 6.92 Å². The van der Waals surface area contributed by atoms with Crippen LogP contribution in [-0.2, 0) is 28.5 Å². The van der Waals surface area contributed by atoms with Gasteiger partial charge in [0.05, 0.1) is 19.8 Å². The maximum Gasteiger partial charge on any atom is 0.217 e. The number of aliphatic hydroxyl groups excluding tert-OH is 8. The second-order valence-corrected chi connectivity index (χ2v) is 8.22. The molecule has 3 aliphatic heterocycles. The minimum Gasteiger partial charge on any atom is -0.388 e. The molecule has 0 unspecified atom stereocenters. The molecule has 0 aliphatic carbocycles. The van der Waals surface area contributed by atoms with Gasteiger partial charge in [-0.1, -0.05) is 0 Å². The molecule has 15 heteroatoms. The van der Waals surface area contributed by atoms with Crippen LogP contribution in [0.2, 0.25) is 0 Å². The number of ether oxygens (including phenoxy) is 5. The van der Waals surface area contributed by atoms with Crippen molar-refractivity contribution in [2.24, 2.45) is 0 Å². The first-order valence-electron chi connectivity index (χ1n) is 10.4. The molecular weight excluding hydrogens is 454 g/mol. The first-order chi connectivity index (χ1) is 15.5. The molecule has 0 aromatic rings. The Morgan fingerprint density at radius 3 is 2.09 bits per heavy atom. The third kappa shape index (κ3) is 5.96. The van der Waals surface area contributed by atoms with E-state index in [0.29, 0.717) is 0 Å². The maximum absolute atomic E-state index is 11.2. The van der Waals surface area contributed by atoms with Gasteiger partial charge in [0.25, 0.3) is 0 Å². The second kappa shape index (κ2) is 11.1. The molecule has 3 aliphatic rings. The zero-order valence-electron chi connectivity index (χ0n) is 17.7. The third-order valence-corrected chi connectivity index (χ3v) is 5.69. The molecule has 0 spiro atoms. The highest BCUT2D eigenvalue weighted by atomic mass is 16.8. The first-order valence-corrected chi connectivity index (χ1v) is 10.4. The predicted octanol–water partition coefficient (Wildman–Crippen LogP) is -6.15. The van der Waals surface area contributed by atoms with E-state index in [1.807, 2.05) is 0 Å². The van der Waals surface area contributed by atoms with E-state index >= 15 is 0 Å². The van der Waals surface area contributed by atoms with Crippen LogP contribution >= 0.6 is 0 Å². The molecule has 9 N–H and O–H groups in total. The van der Waals surface area contributed by atoms with Gasteiger partial charge in [0.15, 0.2) is 18.9 Å². The maximum atomic E-state index is 11.2. The van der Waals surface area contributed by atoms with Crippen molar-refractivity contribution in [3.63, 3.8) is 0 Å². The van der Waals surface area contributed by atoms with Crippen LogP contribution in [0.15, 0.2) is 0 Å². The average Bonchev–Trinajstić information content (AvgIpc) is 2.76. The molecule has 1 amide bonds. The number of hydrogen-bond donors (Lipinski definition) is 9. The molecule has 0 saturated carbocycles. The highest BCUT2D eigenvalue weighted by molar-refractivity contribution is 5.73.